The fourth-order valence-corrected chi connectivity index (χ4v) is 4.42. The molecule has 2 aliphatic heterocycles. The van der Waals surface area contributed by atoms with E-state index in [0.29, 0.717) is 19.4 Å². The number of benzene rings is 1. The molecular formula is C22H24N2O5. The summed E-state index contributed by atoms with van der Waals surface area (Å²) < 4.78 is 5.30. The number of anilines is 1. The molecule has 152 valence electrons. The first kappa shape index (κ1) is 19.4. The Hall–Kier alpha value is -2.96. The number of hydrogen-bond donors (Lipinski definition) is 0. The van der Waals surface area contributed by atoms with Gasteiger partial charge < -0.3 is 9.64 Å². The number of amides is 3. The number of carbonyl (C=O) groups excluding carboxylic acids is 4. The molecule has 1 aromatic carbocycles. The van der Waals surface area contributed by atoms with E-state index in [2.05, 4.69) is 0 Å². The van der Waals surface area contributed by atoms with Crippen molar-refractivity contribution >= 4 is 29.4 Å². The fourth-order valence-electron chi connectivity index (χ4n) is 4.42. The first-order chi connectivity index (χ1) is 14.0. The summed E-state index contributed by atoms with van der Waals surface area (Å²) in [7, 11) is 0. The van der Waals surface area contributed by atoms with Crippen molar-refractivity contribution in [3.63, 3.8) is 0 Å². The van der Waals surface area contributed by atoms with Gasteiger partial charge >= 0.3 is 5.97 Å². The normalized spacial score (nSPS) is 24.2. The van der Waals surface area contributed by atoms with Gasteiger partial charge in [0.15, 0.2) is 6.10 Å². The number of imide groups is 1. The molecule has 1 saturated heterocycles. The van der Waals surface area contributed by atoms with Crippen molar-refractivity contribution in [2.24, 2.45) is 11.8 Å². The quantitative estimate of drug-likeness (QED) is 0.441. The molecule has 7 heteroatoms. The van der Waals surface area contributed by atoms with E-state index in [-0.39, 0.29) is 29.6 Å². The van der Waals surface area contributed by atoms with Crippen molar-refractivity contribution in [3.05, 3.63) is 42.0 Å². The molecule has 0 aromatic heterocycles. The van der Waals surface area contributed by atoms with E-state index >= 15 is 0 Å². The highest BCUT2D eigenvalue weighted by Gasteiger charge is 2.48. The molecule has 3 aliphatic rings. The van der Waals surface area contributed by atoms with E-state index < -0.39 is 18.6 Å². The average Bonchev–Trinajstić information content (AvgIpc) is 2.98. The molecule has 3 amide bonds. The SMILES string of the molecule is CC(OC(=O)CN1C(=O)C2CC=CCC2C1=O)C(=O)N1CCCc2ccccc21. The number of carbonyl (C=O) groups is 4. The van der Waals surface area contributed by atoms with Gasteiger partial charge in [-0.05, 0) is 44.2 Å². The van der Waals surface area contributed by atoms with Crippen LogP contribution in [0.1, 0.15) is 31.7 Å². The molecule has 0 spiro atoms. The van der Waals surface area contributed by atoms with Crippen LogP contribution in [-0.2, 0) is 30.3 Å². The minimum atomic E-state index is -0.995. The minimum absolute atomic E-state index is 0.303. The largest absolute Gasteiger partial charge is 0.451 e. The Labute approximate surface area is 169 Å². The van der Waals surface area contributed by atoms with Crippen LogP contribution in [0.3, 0.4) is 0 Å². The van der Waals surface area contributed by atoms with Crippen LogP contribution in [0.2, 0.25) is 0 Å². The molecule has 0 saturated carbocycles. The van der Waals surface area contributed by atoms with E-state index in [9.17, 15) is 19.2 Å². The predicted molar refractivity (Wildman–Crippen MR) is 105 cm³/mol. The highest BCUT2D eigenvalue weighted by Crippen LogP contribution is 2.35. The summed E-state index contributed by atoms with van der Waals surface area (Å²) in [6, 6.07) is 7.69. The molecule has 1 aromatic rings. The lowest BCUT2D eigenvalue weighted by Crippen LogP contribution is -2.44. The third kappa shape index (κ3) is 3.57. The van der Waals surface area contributed by atoms with Crippen molar-refractivity contribution in [1.82, 2.24) is 4.90 Å². The molecule has 0 N–H and O–H groups in total. The monoisotopic (exact) mass is 396 g/mol. The Bertz CT molecular complexity index is 867. The number of allylic oxidation sites excluding steroid dienone is 2. The van der Waals surface area contributed by atoms with E-state index in [1.54, 1.807) is 4.90 Å². The lowest BCUT2D eigenvalue weighted by molar-refractivity contribution is -0.158. The number of fused-ring (bicyclic) bond motifs is 2. The number of likely N-dealkylation sites (tertiary alicyclic amines) is 1. The van der Waals surface area contributed by atoms with Crippen molar-refractivity contribution in [2.45, 2.75) is 38.7 Å². The second-order valence-corrected chi connectivity index (χ2v) is 7.77. The van der Waals surface area contributed by atoms with Gasteiger partial charge in [0, 0.05) is 12.2 Å². The van der Waals surface area contributed by atoms with Crippen LogP contribution in [0.15, 0.2) is 36.4 Å². The fraction of sp³-hybridized carbons (Fsp3) is 0.455. The third-order valence-electron chi connectivity index (χ3n) is 5.92. The van der Waals surface area contributed by atoms with Gasteiger partial charge in [0.2, 0.25) is 11.8 Å². The van der Waals surface area contributed by atoms with Crippen LogP contribution in [0, 0.1) is 11.8 Å². The lowest BCUT2D eigenvalue weighted by atomic mass is 9.85. The van der Waals surface area contributed by atoms with Crippen LogP contribution in [0.25, 0.3) is 0 Å². The van der Waals surface area contributed by atoms with E-state index in [1.807, 2.05) is 36.4 Å². The van der Waals surface area contributed by atoms with Crippen LogP contribution in [0.4, 0.5) is 5.69 Å². The van der Waals surface area contributed by atoms with Gasteiger partial charge in [-0.15, -0.1) is 0 Å². The average molecular weight is 396 g/mol. The Morgan fingerprint density at radius 3 is 2.45 bits per heavy atom. The molecule has 0 bridgehead atoms. The zero-order valence-electron chi connectivity index (χ0n) is 16.4. The van der Waals surface area contributed by atoms with Crippen LogP contribution in [-0.4, -0.2) is 47.8 Å². The molecule has 3 atom stereocenters. The van der Waals surface area contributed by atoms with Gasteiger partial charge in [0.25, 0.3) is 5.91 Å². The standard InChI is InChI=1S/C22H24N2O5/c1-14(20(26)23-12-6-8-15-7-2-5-11-18(15)23)29-19(25)13-24-21(27)16-9-3-4-10-17(16)22(24)28/h2-5,7,11,14,16-17H,6,8-10,12-13H2,1H3. The Morgan fingerprint density at radius 1 is 1.10 bits per heavy atom. The Morgan fingerprint density at radius 2 is 1.76 bits per heavy atom. The summed E-state index contributed by atoms with van der Waals surface area (Å²) in [6.45, 7) is 1.64. The number of nitrogens with zero attached hydrogens (tertiary/aromatic N) is 2. The maximum Gasteiger partial charge on any atom is 0.326 e. The summed E-state index contributed by atoms with van der Waals surface area (Å²) in [5.74, 6) is -2.48. The minimum Gasteiger partial charge on any atom is -0.451 e. The smallest absolute Gasteiger partial charge is 0.326 e. The van der Waals surface area contributed by atoms with Gasteiger partial charge in [-0.1, -0.05) is 30.4 Å². The summed E-state index contributed by atoms with van der Waals surface area (Å²) in [6.07, 6.45) is 5.58. The molecule has 7 nitrogen and oxygen atoms in total. The van der Waals surface area contributed by atoms with Gasteiger partial charge in [-0.2, -0.15) is 0 Å². The summed E-state index contributed by atoms with van der Waals surface area (Å²) >= 11 is 0. The number of esters is 1. The maximum absolute atomic E-state index is 12.9. The molecule has 1 aliphatic carbocycles. The molecule has 1 fully saturated rings. The predicted octanol–water partition coefficient (Wildman–Crippen LogP) is 1.85. The highest BCUT2D eigenvalue weighted by atomic mass is 16.5. The molecular weight excluding hydrogens is 372 g/mol. The molecule has 3 unspecified atom stereocenters. The number of para-hydroxylation sites is 1. The van der Waals surface area contributed by atoms with E-state index in [1.165, 1.54) is 6.92 Å². The Balaban J connectivity index is 1.38. The van der Waals surface area contributed by atoms with Crippen LogP contribution < -0.4 is 4.90 Å². The number of aryl methyl sites for hydroxylation is 1. The summed E-state index contributed by atoms with van der Waals surface area (Å²) in [5.41, 5.74) is 1.93. The third-order valence-corrected chi connectivity index (χ3v) is 5.92. The van der Waals surface area contributed by atoms with Crippen LogP contribution >= 0.6 is 0 Å². The van der Waals surface area contributed by atoms with Crippen molar-refractivity contribution in [2.75, 3.05) is 18.0 Å². The lowest BCUT2D eigenvalue weighted by Gasteiger charge is -2.31. The second-order valence-electron chi connectivity index (χ2n) is 7.77. The zero-order valence-corrected chi connectivity index (χ0v) is 16.4. The molecule has 4 rings (SSSR count). The van der Waals surface area contributed by atoms with Crippen molar-refractivity contribution < 1.29 is 23.9 Å². The summed E-state index contributed by atoms with van der Waals surface area (Å²) in [4.78, 5) is 52.8. The first-order valence-electron chi connectivity index (χ1n) is 10.1. The van der Waals surface area contributed by atoms with Crippen LogP contribution in [0.5, 0.6) is 0 Å². The number of rotatable bonds is 4. The van der Waals surface area contributed by atoms with Gasteiger partial charge in [0.05, 0.1) is 11.8 Å². The Kier molecular flexibility index (Phi) is 5.22. The van der Waals surface area contributed by atoms with Gasteiger partial charge in [-0.25, -0.2) is 0 Å². The van der Waals surface area contributed by atoms with E-state index in [0.717, 1.165) is 29.0 Å². The molecule has 29 heavy (non-hydrogen) atoms. The molecule has 2 heterocycles. The molecule has 0 radical (unpaired) electrons. The number of hydrogen-bond acceptors (Lipinski definition) is 5. The zero-order chi connectivity index (χ0) is 20.5. The maximum atomic E-state index is 12.9. The highest BCUT2D eigenvalue weighted by molar-refractivity contribution is 6.07. The number of ether oxygens (including phenoxy) is 1. The van der Waals surface area contributed by atoms with Gasteiger partial charge in [0.1, 0.15) is 6.54 Å². The second kappa shape index (κ2) is 7.81. The first-order valence-corrected chi connectivity index (χ1v) is 10.1. The van der Waals surface area contributed by atoms with Gasteiger partial charge in [-0.3, -0.25) is 24.1 Å². The topological polar surface area (TPSA) is 84.0 Å². The van der Waals surface area contributed by atoms with Crippen molar-refractivity contribution in [3.8, 4) is 0 Å². The van der Waals surface area contributed by atoms with E-state index in [4.69, 9.17) is 4.74 Å². The summed E-state index contributed by atoms with van der Waals surface area (Å²) in [5, 5.41) is 0. The van der Waals surface area contributed by atoms with Crippen molar-refractivity contribution in [1.29, 1.82) is 0 Å².